The lowest BCUT2D eigenvalue weighted by molar-refractivity contribution is -0.113. The number of amides is 1. The molecule has 2 N–H and O–H groups in total. The van der Waals surface area contributed by atoms with E-state index in [2.05, 4.69) is 15.3 Å². The highest BCUT2D eigenvalue weighted by Gasteiger charge is 2.22. The van der Waals surface area contributed by atoms with Crippen LogP contribution in [0.3, 0.4) is 0 Å². The Bertz CT molecular complexity index is 1240. The van der Waals surface area contributed by atoms with E-state index in [1.54, 1.807) is 31.4 Å². The Morgan fingerprint density at radius 1 is 1.09 bits per heavy atom. The molecule has 1 aromatic heterocycles. The number of thioether (sulfide) groups is 1. The molecular weight excluding hydrogens is 454 g/mol. The zero-order valence-electron chi connectivity index (χ0n) is 17.3. The maximum Gasteiger partial charge on any atom is 0.270 e. The van der Waals surface area contributed by atoms with E-state index in [4.69, 9.17) is 9.47 Å². The molecule has 0 fully saturated rings. The van der Waals surface area contributed by atoms with Gasteiger partial charge in [-0.15, -0.1) is 0 Å². The molecular formula is C21H21N3O6S2. The number of sulfone groups is 1. The van der Waals surface area contributed by atoms with Crippen molar-refractivity contribution in [3.63, 3.8) is 0 Å². The van der Waals surface area contributed by atoms with Gasteiger partial charge >= 0.3 is 0 Å². The Hall–Kier alpha value is -3.31. The molecule has 0 aliphatic carbocycles. The van der Waals surface area contributed by atoms with E-state index in [1.165, 1.54) is 24.3 Å². The first-order chi connectivity index (χ1) is 15.3. The van der Waals surface area contributed by atoms with Crippen LogP contribution in [-0.4, -0.2) is 43.8 Å². The summed E-state index contributed by atoms with van der Waals surface area (Å²) in [4.78, 5) is 30.4. The van der Waals surface area contributed by atoms with E-state index in [1.807, 2.05) is 6.92 Å². The molecule has 0 saturated heterocycles. The first-order valence-corrected chi connectivity index (χ1v) is 11.9. The van der Waals surface area contributed by atoms with Crippen molar-refractivity contribution in [2.75, 3.05) is 24.8 Å². The fourth-order valence-corrected chi connectivity index (χ4v) is 4.51. The predicted molar refractivity (Wildman–Crippen MR) is 120 cm³/mol. The van der Waals surface area contributed by atoms with Gasteiger partial charge < -0.3 is 19.8 Å². The normalized spacial score (nSPS) is 11.1. The summed E-state index contributed by atoms with van der Waals surface area (Å²) in [6.45, 7) is 2.27. The number of hydrogen-bond donors (Lipinski definition) is 2. The monoisotopic (exact) mass is 475 g/mol. The summed E-state index contributed by atoms with van der Waals surface area (Å²) in [5.74, 6) is 0.853. The molecule has 0 aliphatic rings. The van der Waals surface area contributed by atoms with Gasteiger partial charge in [-0.05, 0) is 55.5 Å². The quantitative estimate of drug-likeness (QED) is 0.357. The summed E-state index contributed by atoms with van der Waals surface area (Å²) in [6, 6.07) is 12.6. The van der Waals surface area contributed by atoms with E-state index in [-0.39, 0.29) is 21.7 Å². The average molecular weight is 476 g/mol. The van der Waals surface area contributed by atoms with Gasteiger partial charge in [0.2, 0.25) is 15.7 Å². The van der Waals surface area contributed by atoms with Crippen LogP contribution in [-0.2, 0) is 14.6 Å². The first kappa shape index (κ1) is 23.4. The third-order valence-electron chi connectivity index (χ3n) is 4.19. The highest BCUT2D eigenvalue weighted by molar-refractivity contribution is 7.99. The number of nitrogens with one attached hydrogen (secondary N) is 2. The van der Waals surface area contributed by atoms with E-state index in [0.29, 0.717) is 23.8 Å². The smallest absolute Gasteiger partial charge is 0.270 e. The number of H-pyrrole nitrogens is 1. The van der Waals surface area contributed by atoms with Gasteiger partial charge in [0.15, 0.2) is 10.1 Å². The number of aromatic nitrogens is 2. The molecule has 2 aromatic carbocycles. The van der Waals surface area contributed by atoms with Crippen LogP contribution in [0.25, 0.3) is 0 Å². The van der Waals surface area contributed by atoms with E-state index in [9.17, 15) is 18.0 Å². The van der Waals surface area contributed by atoms with Crippen molar-refractivity contribution in [2.24, 2.45) is 0 Å². The predicted octanol–water partition coefficient (Wildman–Crippen LogP) is 2.74. The van der Waals surface area contributed by atoms with Gasteiger partial charge in [0.05, 0.1) is 30.6 Å². The highest BCUT2D eigenvalue weighted by Crippen LogP contribution is 2.22. The Morgan fingerprint density at radius 2 is 1.75 bits per heavy atom. The van der Waals surface area contributed by atoms with Gasteiger partial charge in [0.25, 0.3) is 5.56 Å². The number of methoxy groups -OCH3 is 1. The number of carbonyl (C=O) groups is 1. The molecule has 1 heterocycles. The summed E-state index contributed by atoms with van der Waals surface area (Å²) in [5, 5.41) is 2.84. The molecule has 0 saturated carbocycles. The lowest BCUT2D eigenvalue weighted by Crippen LogP contribution is -2.20. The van der Waals surface area contributed by atoms with E-state index in [0.717, 1.165) is 18.0 Å². The lowest BCUT2D eigenvalue weighted by atomic mass is 10.3. The number of ether oxygens (including phenoxy) is 2. The van der Waals surface area contributed by atoms with Gasteiger partial charge in [-0.1, -0.05) is 11.8 Å². The summed E-state index contributed by atoms with van der Waals surface area (Å²) in [5.41, 5.74) is -0.221. The molecule has 9 nitrogen and oxygen atoms in total. The Kier molecular flexibility index (Phi) is 7.54. The third-order valence-corrected chi connectivity index (χ3v) is 6.84. The standard InChI is InChI=1S/C21H21N3O6S2/c1-3-30-16-8-10-17(11-9-16)32(27,28)18-12-22-21(24-20(18)26)31-13-19(25)23-14-4-6-15(29-2)7-5-14/h4-12H,3,13H2,1-2H3,(H,23,25)(H,22,24,26). The minimum Gasteiger partial charge on any atom is -0.497 e. The largest absolute Gasteiger partial charge is 0.497 e. The Morgan fingerprint density at radius 3 is 2.34 bits per heavy atom. The molecule has 0 radical (unpaired) electrons. The molecule has 0 bridgehead atoms. The topological polar surface area (TPSA) is 127 Å². The Labute approximate surface area is 189 Å². The third kappa shape index (κ3) is 5.68. The number of nitrogens with zero attached hydrogens (tertiary/aromatic N) is 1. The van der Waals surface area contributed by atoms with Crippen LogP contribution in [0.2, 0.25) is 0 Å². The minimum absolute atomic E-state index is 0.0278. The van der Waals surface area contributed by atoms with Crippen LogP contribution in [0.5, 0.6) is 11.5 Å². The average Bonchev–Trinajstić information content (AvgIpc) is 2.79. The molecule has 0 spiro atoms. The van der Waals surface area contributed by atoms with E-state index >= 15 is 0 Å². The van der Waals surface area contributed by atoms with Crippen LogP contribution in [0.4, 0.5) is 5.69 Å². The lowest BCUT2D eigenvalue weighted by Gasteiger charge is -2.07. The maximum absolute atomic E-state index is 12.8. The number of benzene rings is 2. The SMILES string of the molecule is CCOc1ccc(S(=O)(=O)c2cnc(SCC(=O)Nc3ccc(OC)cc3)[nH]c2=O)cc1. The van der Waals surface area contributed by atoms with Crippen LogP contribution in [0, 0.1) is 0 Å². The molecule has 0 atom stereocenters. The number of rotatable bonds is 9. The molecule has 0 unspecified atom stereocenters. The van der Waals surface area contributed by atoms with Gasteiger partial charge in [0, 0.05) is 5.69 Å². The zero-order valence-corrected chi connectivity index (χ0v) is 19.0. The van der Waals surface area contributed by atoms with Crippen LogP contribution in [0.15, 0.2) is 74.5 Å². The Balaban J connectivity index is 1.66. The van der Waals surface area contributed by atoms with Crippen molar-refractivity contribution < 1.29 is 22.7 Å². The molecule has 11 heteroatoms. The van der Waals surface area contributed by atoms with Crippen LogP contribution < -0.4 is 20.3 Å². The summed E-state index contributed by atoms with van der Waals surface area (Å²) in [6.07, 6.45) is 0.994. The molecule has 32 heavy (non-hydrogen) atoms. The summed E-state index contributed by atoms with van der Waals surface area (Å²) < 4.78 is 35.9. The van der Waals surface area contributed by atoms with Crippen molar-refractivity contribution in [3.05, 3.63) is 65.1 Å². The van der Waals surface area contributed by atoms with Crippen LogP contribution in [0.1, 0.15) is 6.92 Å². The van der Waals surface area contributed by atoms with Crippen molar-refractivity contribution >= 4 is 33.2 Å². The molecule has 0 aliphatic heterocycles. The number of carbonyl (C=O) groups excluding carboxylic acids is 1. The molecule has 1 amide bonds. The van der Waals surface area contributed by atoms with Gasteiger partial charge in [-0.25, -0.2) is 13.4 Å². The summed E-state index contributed by atoms with van der Waals surface area (Å²) >= 11 is 0.977. The number of aromatic amines is 1. The second-order valence-corrected chi connectivity index (χ2v) is 9.24. The first-order valence-electron chi connectivity index (χ1n) is 9.47. The van der Waals surface area contributed by atoms with Gasteiger partial charge in [-0.2, -0.15) is 0 Å². The molecule has 3 rings (SSSR count). The second-order valence-electron chi connectivity index (χ2n) is 6.35. The van der Waals surface area contributed by atoms with Gasteiger partial charge in [0.1, 0.15) is 11.5 Å². The molecule has 3 aromatic rings. The minimum atomic E-state index is -4.06. The maximum atomic E-state index is 12.8. The summed E-state index contributed by atoms with van der Waals surface area (Å²) in [7, 11) is -2.51. The number of anilines is 1. The molecule has 168 valence electrons. The fraction of sp³-hybridized carbons (Fsp3) is 0.190. The van der Waals surface area contributed by atoms with Crippen molar-refractivity contribution in [2.45, 2.75) is 21.9 Å². The van der Waals surface area contributed by atoms with Crippen molar-refractivity contribution in [1.82, 2.24) is 9.97 Å². The highest BCUT2D eigenvalue weighted by atomic mass is 32.2. The fourth-order valence-electron chi connectivity index (χ4n) is 2.65. The van der Waals surface area contributed by atoms with Crippen molar-refractivity contribution in [3.8, 4) is 11.5 Å². The number of hydrogen-bond acceptors (Lipinski definition) is 8. The van der Waals surface area contributed by atoms with Gasteiger partial charge in [-0.3, -0.25) is 9.59 Å². The second kappa shape index (κ2) is 10.3. The van der Waals surface area contributed by atoms with E-state index < -0.39 is 20.3 Å². The van der Waals surface area contributed by atoms with Crippen molar-refractivity contribution in [1.29, 1.82) is 0 Å². The zero-order chi connectivity index (χ0) is 23.1. The van der Waals surface area contributed by atoms with Crippen LogP contribution >= 0.6 is 11.8 Å².